The number of nitrogens with zero attached hydrogens (tertiary/aromatic N) is 4. The van der Waals surface area contributed by atoms with Crippen molar-refractivity contribution in [2.45, 2.75) is 18.4 Å². The fourth-order valence-electron chi connectivity index (χ4n) is 3.89. The molecule has 3 aromatic rings. The third-order valence-corrected chi connectivity index (χ3v) is 8.06. The van der Waals surface area contributed by atoms with Gasteiger partial charge in [-0.25, -0.2) is 13.4 Å². The number of aromatic nitrogens is 1. The van der Waals surface area contributed by atoms with E-state index in [0.717, 1.165) is 43.1 Å². The molecule has 0 bridgehead atoms. The number of aryl methyl sites for hydroxylation is 1. The maximum absolute atomic E-state index is 12.9. The molecule has 1 aliphatic heterocycles. The Labute approximate surface area is 207 Å². The van der Waals surface area contributed by atoms with Crippen molar-refractivity contribution in [3.63, 3.8) is 0 Å². The van der Waals surface area contributed by atoms with Gasteiger partial charge in [0.2, 0.25) is 0 Å². The van der Waals surface area contributed by atoms with Crippen LogP contribution in [0, 0.1) is 6.92 Å². The van der Waals surface area contributed by atoms with E-state index in [1.807, 2.05) is 19.1 Å². The van der Waals surface area contributed by atoms with Gasteiger partial charge in [0, 0.05) is 51.5 Å². The number of hydrogen-bond acceptors (Lipinski definition) is 6. The predicted octanol–water partition coefficient (Wildman–Crippen LogP) is 2.90. The number of carbonyl (C=O) groups is 1. The van der Waals surface area contributed by atoms with Gasteiger partial charge < -0.3 is 15.1 Å². The van der Waals surface area contributed by atoms with Crippen LogP contribution in [0.1, 0.15) is 21.5 Å². The van der Waals surface area contributed by atoms with E-state index >= 15 is 0 Å². The fourth-order valence-corrected chi connectivity index (χ4v) is 5.09. The standard InChI is InChI=1S/C26H31N5O3S/c1-20-4-10-24(11-5-20)35(33,34)30(3)23-8-6-22(7-9-23)26(32)28-19-21-12-13-27-25(18-21)31-16-14-29(2)15-17-31/h4-13,18H,14-17,19H2,1-3H3,(H,28,32). The number of hydrogen-bond donors (Lipinski definition) is 1. The summed E-state index contributed by atoms with van der Waals surface area (Å²) in [5.41, 5.74) is 2.91. The second-order valence-corrected chi connectivity index (χ2v) is 10.8. The maximum Gasteiger partial charge on any atom is 0.264 e. The summed E-state index contributed by atoms with van der Waals surface area (Å²) in [6.07, 6.45) is 1.77. The summed E-state index contributed by atoms with van der Waals surface area (Å²) in [6.45, 7) is 6.15. The first-order valence-electron chi connectivity index (χ1n) is 11.6. The lowest BCUT2D eigenvalue weighted by atomic mass is 10.2. The van der Waals surface area contributed by atoms with Crippen LogP contribution in [-0.4, -0.2) is 64.5 Å². The lowest BCUT2D eigenvalue weighted by Crippen LogP contribution is -2.44. The molecule has 9 heteroatoms. The Bertz CT molecular complexity index is 1270. The van der Waals surface area contributed by atoms with Crippen LogP contribution in [0.4, 0.5) is 11.5 Å². The van der Waals surface area contributed by atoms with Crippen molar-refractivity contribution in [3.8, 4) is 0 Å². The van der Waals surface area contributed by atoms with Crippen LogP contribution in [0.25, 0.3) is 0 Å². The Balaban J connectivity index is 1.38. The number of rotatable bonds is 7. The molecule has 1 amide bonds. The average molecular weight is 494 g/mol. The minimum atomic E-state index is -3.68. The summed E-state index contributed by atoms with van der Waals surface area (Å²) in [5, 5.41) is 2.94. The molecule has 1 aliphatic rings. The van der Waals surface area contributed by atoms with Crippen LogP contribution in [0.15, 0.2) is 71.8 Å². The van der Waals surface area contributed by atoms with Crippen molar-refractivity contribution in [2.75, 3.05) is 49.5 Å². The molecule has 0 unspecified atom stereocenters. The summed E-state index contributed by atoms with van der Waals surface area (Å²) in [4.78, 5) is 22.0. The second-order valence-electron chi connectivity index (χ2n) is 8.83. The topological polar surface area (TPSA) is 85.8 Å². The molecule has 0 aliphatic carbocycles. The summed E-state index contributed by atoms with van der Waals surface area (Å²) in [6, 6.07) is 17.2. The summed E-state index contributed by atoms with van der Waals surface area (Å²) < 4.78 is 27.0. The van der Waals surface area contributed by atoms with Crippen molar-refractivity contribution in [1.29, 1.82) is 0 Å². The van der Waals surface area contributed by atoms with Gasteiger partial charge in [0.1, 0.15) is 5.82 Å². The van der Waals surface area contributed by atoms with Crippen LogP contribution in [0.2, 0.25) is 0 Å². The predicted molar refractivity (Wildman–Crippen MR) is 138 cm³/mol. The van der Waals surface area contributed by atoms with E-state index in [0.29, 0.717) is 17.8 Å². The maximum atomic E-state index is 12.9. The van der Waals surface area contributed by atoms with E-state index in [1.165, 1.54) is 11.4 Å². The van der Waals surface area contributed by atoms with Crippen molar-refractivity contribution in [3.05, 3.63) is 83.6 Å². The molecule has 35 heavy (non-hydrogen) atoms. The highest BCUT2D eigenvalue weighted by Crippen LogP contribution is 2.23. The van der Waals surface area contributed by atoms with Gasteiger partial charge >= 0.3 is 0 Å². The number of sulfonamides is 1. The van der Waals surface area contributed by atoms with E-state index in [1.54, 1.807) is 54.7 Å². The van der Waals surface area contributed by atoms with Gasteiger partial charge in [-0.3, -0.25) is 9.10 Å². The summed E-state index contributed by atoms with van der Waals surface area (Å²) in [7, 11) is -0.0635. The SMILES string of the molecule is Cc1ccc(S(=O)(=O)N(C)c2ccc(C(=O)NCc3ccnc(N4CCN(C)CC4)c3)cc2)cc1. The number of nitrogens with one attached hydrogen (secondary N) is 1. The first-order chi connectivity index (χ1) is 16.7. The molecular weight excluding hydrogens is 462 g/mol. The Hall–Kier alpha value is -3.43. The number of benzene rings is 2. The molecule has 0 saturated carbocycles. The molecule has 4 rings (SSSR count). The first kappa shape index (κ1) is 24.7. The highest BCUT2D eigenvalue weighted by atomic mass is 32.2. The number of anilines is 2. The van der Waals surface area contributed by atoms with Crippen LogP contribution >= 0.6 is 0 Å². The first-order valence-corrected chi connectivity index (χ1v) is 13.0. The molecule has 1 saturated heterocycles. The molecule has 1 fully saturated rings. The molecule has 0 atom stereocenters. The van der Waals surface area contributed by atoms with Gasteiger partial charge in [-0.1, -0.05) is 17.7 Å². The molecular formula is C26H31N5O3S. The summed E-state index contributed by atoms with van der Waals surface area (Å²) in [5.74, 6) is 0.700. The van der Waals surface area contributed by atoms with Gasteiger partial charge in [-0.2, -0.15) is 0 Å². The van der Waals surface area contributed by atoms with Gasteiger partial charge in [0.15, 0.2) is 0 Å². The Morgan fingerprint density at radius 3 is 2.31 bits per heavy atom. The van der Waals surface area contributed by atoms with E-state index in [2.05, 4.69) is 27.1 Å². The van der Waals surface area contributed by atoms with Crippen LogP contribution in [0.5, 0.6) is 0 Å². The van der Waals surface area contributed by atoms with Crippen molar-refractivity contribution in [2.24, 2.45) is 0 Å². The fraction of sp³-hybridized carbons (Fsp3) is 0.308. The quantitative estimate of drug-likeness (QED) is 0.545. The molecule has 0 spiro atoms. The van der Waals surface area contributed by atoms with Crippen LogP contribution in [-0.2, 0) is 16.6 Å². The van der Waals surface area contributed by atoms with Crippen molar-refractivity contribution >= 4 is 27.4 Å². The van der Waals surface area contributed by atoms with Crippen molar-refractivity contribution < 1.29 is 13.2 Å². The molecule has 2 aromatic carbocycles. The Morgan fingerprint density at radius 1 is 1.00 bits per heavy atom. The largest absolute Gasteiger partial charge is 0.354 e. The Morgan fingerprint density at radius 2 is 1.66 bits per heavy atom. The zero-order valence-corrected chi connectivity index (χ0v) is 21.1. The van der Waals surface area contributed by atoms with Gasteiger partial charge in [0.05, 0.1) is 10.6 Å². The molecule has 8 nitrogen and oxygen atoms in total. The highest BCUT2D eigenvalue weighted by molar-refractivity contribution is 7.92. The molecule has 2 heterocycles. The van der Waals surface area contributed by atoms with Crippen LogP contribution < -0.4 is 14.5 Å². The number of amides is 1. The molecule has 0 radical (unpaired) electrons. The lowest BCUT2D eigenvalue weighted by Gasteiger charge is -2.33. The molecule has 184 valence electrons. The number of likely N-dealkylation sites (N-methyl/N-ethyl adjacent to an activating group) is 1. The van der Waals surface area contributed by atoms with E-state index in [-0.39, 0.29) is 10.8 Å². The van der Waals surface area contributed by atoms with Gasteiger partial charge in [0.25, 0.3) is 15.9 Å². The summed E-state index contributed by atoms with van der Waals surface area (Å²) >= 11 is 0. The van der Waals surface area contributed by atoms with Gasteiger partial charge in [-0.05, 0) is 68.1 Å². The highest BCUT2D eigenvalue weighted by Gasteiger charge is 2.21. The normalized spacial score (nSPS) is 14.5. The molecule has 1 aromatic heterocycles. The number of piperazine rings is 1. The third-order valence-electron chi connectivity index (χ3n) is 6.26. The van der Waals surface area contributed by atoms with Gasteiger partial charge in [-0.15, -0.1) is 0 Å². The second kappa shape index (κ2) is 10.5. The zero-order chi connectivity index (χ0) is 25.0. The van der Waals surface area contributed by atoms with E-state index in [9.17, 15) is 13.2 Å². The number of pyridine rings is 1. The van der Waals surface area contributed by atoms with Crippen LogP contribution in [0.3, 0.4) is 0 Å². The van der Waals surface area contributed by atoms with E-state index < -0.39 is 10.0 Å². The number of carbonyl (C=O) groups excluding carboxylic acids is 1. The molecule has 1 N–H and O–H groups in total. The smallest absolute Gasteiger partial charge is 0.264 e. The average Bonchev–Trinajstić information content (AvgIpc) is 2.88. The minimum absolute atomic E-state index is 0.223. The third kappa shape index (κ3) is 5.80. The van der Waals surface area contributed by atoms with E-state index in [4.69, 9.17) is 0 Å². The Kier molecular flexibility index (Phi) is 7.37. The lowest BCUT2D eigenvalue weighted by molar-refractivity contribution is 0.0951. The zero-order valence-electron chi connectivity index (χ0n) is 20.3. The minimum Gasteiger partial charge on any atom is -0.354 e. The van der Waals surface area contributed by atoms with Crippen molar-refractivity contribution in [1.82, 2.24) is 15.2 Å². The monoisotopic (exact) mass is 493 g/mol.